The van der Waals surface area contributed by atoms with Crippen molar-refractivity contribution >= 4 is 33.5 Å². The number of aromatic hydroxyl groups is 2. The van der Waals surface area contributed by atoms with Crippen molar-refractivity contribution in [3.05, 3.63) is 91.6 Å². The number of phenols is 2. The van der Waals surface area contributed by atoms with Gasteiger partial charge in [-0.15, -0.1) is 6.58 Å². The van der Waals surface area contributed by atoms with Gasteiger partial charge in [-0.2, -0.15) is 0 Å². The van der Waals surface area contributed by atoms with Crippen molar-refractivity contribution < 1.29 is 39.5 Å². The smallest absolute Gasteiger partial charge is 0.343 e. The van der Waals surface area contributed by atoms with Gasteiger partial charge in [-0.1, -0.05) is 65.2 Å². The zero-order valence-corrected chi connectivity index (χ0v) is 33.2. The normalized spacial score (nSPS) is 13.1. The number of carbonyl (C=O) groups is 2. The summed E-state index contributed by atoms with van der Waals surface area (Å²) in [4.78, 5) is 66.8. The Morgan fingerprint density at radius 2 is 1.27 bits per heavy atom. The molecule has 1 aromatic heterocycles. The highest BCUT2D eigenvalue weighted by molar-refractivity contribution is 6.15. The molecule has 0 aliphatic carbocycles. The van der Waals surface area contributed by atoms with Crippen LogP contribution in [-0.4, -0.2) is 70.5 Å². The van der Waals surface area contributed by atoms with E-state index in [1.807, 2.05) is 34.6 Å². The van der Waals surface area contributed by atoms with E-state index in [2.05, 4.69) is 13.5 Å². The topological polar surface area (TPSA) is 200 Å². The monoisotopic (exact) mass is 777 g/mol. The number of aliphatic hydroxyl groups excluding tert-OH is 2. The number of nitrogens with zero attached hydrogens (tertiary/aromatic N) is 3. The van der Waals surface area contributed by atoms with Gasteiger partial charge in [-0.3, -0.25) is 0 Å². The minimum Gasteiger partial charge on any atom is -0.507 e. The van der Waals surface area contributed by atoms with E-state index in [1.165, 1.54) is 24.3 Å². The number of aliphatic hydroxyl groups is 2. The lowest BCUT2D eigenvalue weighted by molar-refractivity contribution is -0.00550. The van der Waals surface area contributed by atoms with Crippen LogP contribution in [0.25, 0.3) is 21.5 Å². The number of fused-ring (bicyclic) bond motifs is 2. The van der Waals surface area contributed by atoms with Gasteiger partial charge in [0.25, 0.3) is 0 Å². The van der Waals surface area contributed by atoms with Crippen LogP contribution in [0.5, 0.6) is 11.5 Å². The van der Waals surface area contributed by atoms with Gasteiger partial charge in [-0.05, 0) is 80.0 Å². The predicted octanol–water partition coefficient (Wildman–Crippen LogP) is 5.39. The lowest BCUT2D eigenvalue weighted by Crippen LogP contribution is -2.56. The minimum atomic E-state index is -1.61. The molecule has 0 aliphatic heterocycles. The lowest BCUT2D eigenvalue weighted by atomic mass is 9.82. The number of hydrogen-bond acceptors (Lipinski definition) is 11. The van der Waals surface area contributed by atoms with Gasteiger partial charge >= 0.3 is 29.0 Å². The van der Waals surface area contributed by atoms with E-state index in [9.17, 15) is 44.4 Å². The Labute approximate surface area is 325 Å². The molecule has 14 nitrogen and oxygen atoms in total. The molecule has 56 heavy (non-hydrogen) atoms. The summed E-state index contributed by atoms with van der Waals surface area (Å²) < 4.78 is 13.3. The summed E-state index contributed by atoms with van der Waals surface area (Å²) in [6.07, 6.45) is 4.07. The molecule has 0 saturated heterocycles. The largest absolute Gasteiger partial charge is 0.507 e. The molecule has 0 radical (unpaired) electrons. The van der Waals surface area contributed by atoms with E-state index >= 15 is 0 Å². The molecule has 4 rings (SSSR count). The fourth-order valence-electron chi connectivity index (χ4n) is 7.18. The van der Waals surface area contributed by atoms with E-state index in [-0.39, 0.29) is 47.2 Å². The van der Waals surface area contributed by atoms with Crippen molar-refractivity contribution in [2.45, 2.75) is 124 Å². The number of unbranched alkanes of at least 4 members (excludes halogenated alkanes) is 2. The molecule has 3 aromatic carbocycles. The molecule has 0 bridgehead atoms. The first kappa shape index (κ1) is 43.5. The maximum absolute atomic E-state index is 13.5. The van der Waals surface area contributed by atoms with Crippen LogP contribution in [-0.2, 0) is 29.1 Å². The Kier molecular flexibility index (Phi) is 14.1. The van der Waals surface area contributed by atoms with Gasteiger partial charge < -0.3 is 29.9 Å². The Morgan fingerprint density at radius 3 is 1.79 bits per heavy atom. The van der Waals surface area contributed by atoms with Crippen LogP contribution >= 0.6 is 0 Å². The fraction of sp³-hybridized carbons (Fsp3) is 0.500. The third kappa shape index (κ3) is 10.1. The van der Waals surface area contributed by atoms with Crippen LogP contribution in [0.3, 0.4) is 0 Å². The van der Waals surface area contributed by atoms with Gasteiger partial charge in [0.2, 0.25) is 0 Å². The SMILES string of the molecule is C=CCn1c(=O)n(CC(O)COC(=O)c2c(O)ccc3cc4c(C(=O)OC(C)(C)CCCCC)c(O)ccc4cc23)c(=O)n(CC(O)CC(C)(C)CCC)c1=O. The molecule has 2 unspecified atom stereocenters. The van der Waals surface area contributed by atoms with E-state index in [0.717, 1.165) is 41.2 Å². The van der Waals surface area contributed by atoms with Crippen molar-refractivity contribution in [2.24, 2.45) is 5.41 Å². The molecule has 4 aromatic rings. The third-order valence-electron chi connectivity index (χ3n) is 9.88. The number of phenolic OH excluding ortho intramolecular Hbond substituents is 2. The molecule has 0 saturated carbocycles. The molecule has 4 N–H and O–H groups in total. The Balaban J connectivity index is 1.60. The minimum absolute atomic E-state index is 0.0446. The van der Waals surface area contributed by atoms with Crippen LogP contribution in [0.1, 0.15) is 107 Å². The molecule has 0 aliphatic rings. The number of carbonyl (C=O) groups excluding carboxylic acids is 2. The first-order valence-corrected chi connectivity index (χ1v) is 19.1. The number of allylic oxidation sites excluding steroid dienone is 1. The van der Waals surface area contributed by atoms with E-state index in [0.29, 0.717) is 27.1 Å². The summed E-state index contributed by atoms with van der Waals surface area (Å²) in [6.45, 7) is 13.2. The highest BCUT2D eigenvalue weighted by atomic mass is 16.6. The fourth-order valence-corrected chi connectivity index (χ4v) is 7.18. The van der Waals surface area contributed by atoms with Crippen molar-refractivity contribution in [1.82, 2.24) is 13.7 Å². The molecule has 14 heteroatoms. The number of esters is 2. The molecule has 304 valence electrons. The Bertz CT molecular complexity index is 2260. The second-order valence-corrected chi connectivity index (χ2v) is 15.8. The molecule has 1 heterocycles. The van der Waals surface area contributed by atoms with Gasteiger partial charge in [0.05, 0.1) is 25.7 Å². The second kappa shape index (κ2) is 18.2. The van der Waals surface area contributed by atoms with Crippen LogP contribution in [0, 0.1) is 5.41 Å². The predicted molar refractivity (Wildman–Crippen MR) is 213 cm³/mol. The Hall–Kier alpha value is -5.21. The van der Waals surface area contributed by atoms with Crippen LogP contribution in [0.15, 0.2) is 63.4 Å². The van der Waals surface area contributed by atoms with Crippen LogP contribution in [0.2, 0.25) is 0 Å². The summed E-state index contributed by atoms with van der Waals surface area (Å²) in [5.74, 6) is -2.45. The average Bonchev–Trinajstić information content (AvgIpc) is 3.11. The highest BCUT2D eigenvalue weighted by Gasteiger charge is 2.28. The van der Waals surface area contributed by atoms with Crippen molar-refractivity contribution in [1.29, 1.82) is 0 Å². The van der Waals surface area contributed by atoms with Gasteiger partial charge in [0, 0.05) is 10.8 Å². The quantitative estimate of drug-likeness (QED) is 0.0412. The van der Waals surface area contributed by atoms with Gasteiger partial charge in [0.1, 0.15) is 40.9 Å². The zero-order valence-electron chi connectivity index (χ0n) is 33.2. The highest BCUT2D eigenvalue weighted by Crippen LogP contribution is 2.36. The van der Waals surface area contributed by atoms with Crippen LogP contribution < -0.4 is 17.1 Å². The lowest BCUT2D eigenvalue weighted by Gasteiger charge is -2.27. The zero-order chi connectivity index (χ0) is 41.5. The first-order valence-electron chi connectivity index (χ1n) is 19.1. The Morgan fingerprint density at radius 1 is 0.750 bits per heavy atom. The average molecular weight is 778 g/mol. The molecule has 0 spiro atoms. The summed E-state index contributed by atoms with van der Waals surface area (Å²) in [6, 6.07) is 8.84. The molecule has 0 fully saturated rings. The molecule has 2 atom stereocenters. The number of hydrogen-bond donors (Lipinski definition) is 4. The molecule has 0 amide bonds. The summed E-state index contributed by atoms with van der Waals surface area (Å²) in [5, 5.41) is 44.8. The van der Waals surface area contributed by atoms with E-state index in [1.54, 1.807) is 18.2 Å². The summed E-state index contributed by atoms with van der Waals surface area (Å²) in [5.41, 5.74) is -4.35. The molecular weight excluding hydrogens is 722 g/mol. The molecular formula is C42H55N3O11. The number of benzene rings is 3. The maximum atomic E-state index is 13.5. The summed E-state index contributed by atoms with van der Waals surface area (Å²) in [7, 11) is 0. The van der Waals surface area contributed by atoms with Crippen LogP contribution in [0.4, 0.5) is 0 Å². The standard InChI is InChI=1S/C42H55N3O11/c1-8-11-12-18-42(6,7)56-37(51)35-31-21-26-13-15-32(48)34(30(26)20-27(31)14-16-33(35)49)36(50)55-25-29(47)24-45-39(53)43(19-10-3)38(52)44(40(45)54)23-28(46)22-41(4,5)17-9-2/h10,13-16,20-21,28-29,46-49H,3,8-9,11-12,17-19,22-25H2,1-2,4-7H3. The van der Waals surface area contributed by atoms with Gasteiger partial charge in [-0.25, -0.2) is 37.7 Å². The van der Waals surface area contributed by atoms with Gasteiger partial charge in [0.15, 0.2) is 0 Å². The maximum Gasteiger partial charge on any atom is 0.343 e. The van der Waals surface area contributed by atoms with Crippen molar-refractivity contribution in [2.75, 3.05) is 6.61 Å². The first-order chi connectivity index (χ1) is 26.3. The van der Waals surface area contributed by atoms with E-state index < -0.39 is 65.7 Å². The third-order valence-corrected chi connectivity index (χ3v) is 9.88. The van der Waals surface area contributed by atoms with Crippen molar-refractivity contribution in [3.8, 4) is 11.5 Å². The number of ether oxygens (including phenoxy) is 2. The second-order valence-electron chi connectivity index (χ2n) is 15.8. The van der Waals surface area contributed by atoms with Crippen molar-refractivity contribution in [3.63, 3.8) is 0 Å². The van der Waals surface area contributed by atoms with E-state index in [4.69, 9.17) is 9.47 Å². The summed E-state index contributed by atoms with van der Waals surface area (Å²) >= 11 is 0. The number of rotatable bonds is 19. The number of aromatic nitrogens is 3.